The van der Waals surface area contributed by atoms with E-state index in [1.165, 1.54) is 64.5 Å². The van der Waals surface area contributed by atoms with Crippen LogP contribution in [-0.4, -0.2) is 13.1 Å². The van der Waals surface area contributed by atoms with Crippen molar-refractivity contribution in [1.82, 2.24) is 5.32 Å². The number of piperidine rings is 1. The third-order valence-electron chi connectivity index (χ3n) is 3.17. The predicted molar refractivity (Wildman–Crippen MR) is 70.3 cm³/mol. The van der Waals surface area contributed by atoms with Crippen LogP contribution >= 0.6 is 0 Å². The van der Waals surface area contributed by atoms with Crippen LogP contribution in [0.15, 0.2) is 0 Å². The van der Waals surface area contributed by atoms with Crippen LogP contribution in [0.3, 0.4) is 0 Å². The Balaban J connectivity index is 0.000000921. The van der Waals surface area contributed by atoms with Crippen molar-refractivity contribution in [1.29, 1.82) is 0 Å². The van der Waals surface area contributed by atoms with E-state index in [-0.39, 0.29) is 0 Å². The summed E-state index contributed by atoms with van der Waals surface area (Å²) in [6.45, 7) is 8.81. The molecule has 1 fully saturated rings. The SMILES string of the molecule is CC.CCCCCCCC1CCNCC1. The highest BCUT2D eigenvalue weighted by molar-refractivity contribution is 4.68. The molecule has 0 atom stereocenters. The standard InChI is InChI=1S/C12H25N.C2H6/c1-2-3-4-5-6-7-12-8-10-13-11-9-12;1-2/h12-13H,2-11H2,1H3;1-2H3. The molecule has 1 N–H and O–H groups in total. The molecule has 1 heterocycles. The lowest BCUT2D eigenvalue weighted by atomic mass is 9.92. The summed E-state index contributed by atoms with van der Waals surface area (Å²) >= 11 is 0. The molecule has 0 saturated carbocycles. The monoisotopic (exact) mass is 213 g/mol. The van der Waals surface area contributed by atoms with Crippen LogP contribution in [0.25, 0.3) is 0 Å². The molecule has 0 aromatic rings. The summed E-state index contributed by atoms with van der Waals surface area (Å²) in [5.41, 5.74) is 0. The van der Waals surface area contributed by atoms with E-state index in [0.717, 1.165) is 5.92 Å². The van der Waals surface area contributed by atoms with E-state index in [0.29, 0.717) is 0 Å². The molecule has 0 radical (unpaired) electrons. The fourth-order valence-electron chi connectivity index (χ4n) is 2.21. The maximum Gasteiger partial charge on any atom is -0.00463 e. The van der Waals surface area contributed by atoms with E-state index in [9.17, 15) is 0 Å². The van der Waals surface area contributed by atoms with Crippen LogP contribution in [0, 0.1) is 5.92 Å². The second-order valence-electron chi connectivity index (χ2n) is 4.40. The average Bonchev–Trinajstić information content (AvgIpc) is 2.33. The van der Waals surface area contributed by atoms with Crippen molar-refractivity contribution >= 4 is 0 Å². The van der Waals surface area contributed by atoms with Crippen molar-refractivity contribution in [3.8, 4) is 0 Å². The molecule has 0 aliphatic carbocycles. The van der Waals surface area contributed by atoms with Gasteiger partial charge in [0.2, 0.25) is 0 Å². The molecule has 0 bridgehead atoms. The van der Waals surface area contributed by atoms with Gasteiger partial charge in [0.05, 0.1) is 0 Å². The molecule has 0 aromatic heterocycles. The zero-order valence-electron chi connectivity index (χ0n) is 11.1. The zero-order valence-corrected chi connectivity index (χ0v) is 11.1. The van der Waals surface area contributed by atoms with Gasteiger partial charge >= 0.3 is 0 Å². The molecule has 0 unspecified atom stereocenters. The number of nitrogens with one attached hydrogen (secondary N) is 1. The van der Waals surface area contributed by atoms with Crippen molar-refractivity contribution in [3.63, 3.8) is 0 Å². The average molecular weight is 213 g/mol. The highest BCUT2D eigenvalue weighted by Crippen LogP contribution is 2.19. The molecule has 1 saturated heterocycles. The minimum atomic E-state index is 1.04. The van der Waals surface area contributed by atoms with Crippen LogP contribution in [0.5, 0.6) is 0 Å². The molecule has 1 aliphatic heterocycles. The maximum absolute atomic E-state index is 3.43. The van der Waals surface area contributed by atoms with Crippen LogP contribution < -0.4 is 5.32 Å². The zero-order chi connectivity index (χ0) is 11.4. The Morgan fingerprint density at radius 1 is 0.933 bits per heavy atom. The van der Waals surface area contributed by atoms with Crippen molar-refractivity contribution in [2.24, 2.45) is 5.92 Å². The maximum atomic E-state index is 3.43. The highest BCUT2D eigenvalue weighted by atomic mass is 14.9. The molecule has 0 amide bonds. The minimum absolute atomic E-state index is 1.04. The van der Waals surface area contributed by atoms with Crippen LogP contribution in [0.4, 0.5) is 0 Å². The number of hydrogen-bond donors (Lipinski definition) is 1. The van der Waals surface area contributed by atoms with Gasteiger partial charge in [-0.25, -0.2) is 0 Å². The summed E-state index contributed by atoms with van der Waals surface area (Å²) in [5, 5.41) is 3.43. The van der Waals surface area contributed by atoms with Crippen molar-refractivity contribution in [2.75, 3.05) is 13.1 Å². The van der Waals surface area contributed by atoms with E-state index >= 15 is 0 Å². The van der Waals surface area contributed by atoms with Gasteiger partial charge < -0.3 is 5.32 Å². The molecule has 0 spiro atoms. The Hall–Kier alpha value is -0.0400. The lowest BCUT2D eigenvalue weighted by Crippen LogP contribution is -2.27. The number of unbranched alkanes of at least 4 members (excludes halogenated alkanes) is 4. The van der Waals surface area contributed by atoms with Gasteiger partial charge in [-0.15, -0.1) is 0 Å². The predicted octanol–water partition coefficient (Wildman–Crippen LogP) is 4.37. The molecular formula is C14H31N. The second kappa shape index (κ2) is 12.0. The minimum Gasteiger partial charge on any atom is -0.317 e. The summed E-state index contributed by atoms with van der Waals surface area (Å²) in [6, 6.07) is 0. The van der Waals surface area contributed by atoms with Crippen LogP contribution in [-0.2, 0) is 0 Å². The van der Waals surface area contributed by atoms with Gasteiger partial charge in [-0.05, 0) is 31.8 Å². The molecule has 0 aromatic carbocycles. The van der Waals surface area contributed by atoms with Gasteiger partial charge in [0, 0.05) is 0 Å². The molecule has 1 heteroatoms. The van der Waals surface area contributed by atoms with Gasteiger partial charge in [-0.2, -0.15) is 0 Å². The Morgan fingerprint density at radius 2 is 1.53 bits per heavy atom. The lowest BCUT2D eigenvalue weighted by Gasteiger charge is -2.22. The molecular weight excluding hydrogens is 182 g/mol. The normalized spacial score (nSPS) is 17.0. The fraction of sp³-hybridized carbons (Fsp3) is 1.00. The van der Waals surface area contributed by atoms with E-state index in [1.807, 2.05) is 13.8 Å². The van der Waals surface area contributed by atoms with Crippen LogP contribution in [0.1, 0.15) is 72.1 Å². The Labute approximate surface area is 97.0 Å². The van der Waals surface area contributed by atoms with Gasteiger partial charge in [-0.3, -0.25) is 0 Å². The lowest BCUT2D eigenvalue weighted by molar-refractivity contribution is 0.342. The third kappa shape index (κ3) is 8.92. The largest absolute Gasteiger partial charge is 0.317 e. The molecule has 1 aliphatic rings. The fourth-order valence-corrected chi connectivity index (χ4v) is 2.21. The smallest absolute Gasteiger partial charge is 0.00463 e. The first kappa shape index (κ1) is 15.0. The Morgan fingerprint density at radius 3 is 2.13 bits per heavy atom. The summed E-state index contributed by atoms with van der Waals surface area (Å²) in [6.07, 6.45) is 11.6. The third-order valence-corrected chi connectivity index (χ3v) is 3.17. The first-order chi connectivity index (χ1) is 7.43. The summed E-state index contributed by atoms with van der Waals surface area (Å²) in [4.78, 5) is 0. The highest BCUT2D eigenvalue weighted by Gasteiger charge is 2.11. The topological polar surface area (TPSA) is 12.0 Å². The number of hydrogen-bond acceptors (Lipinski definition) is 1. The quantitative estimate of drug-likeness (QED) is 0.646. The Kier molecular flexibility index (Phi) is 12.0. The van der Waals surface area contributed by atoms with Gasteiger partial charge in [0.15, 0.2) is 0 Å². The molecule has 15 heavy (non-hydrogen) atoms. The summed E-state index contributed by atoms with van der Waals surface area (Å²) < 4.78 is 0. The van der Waals surface area contributed by atoms with Gasteiger partial charge in [-0.1, -0.05) is 59.3 Å². The van der Waals surface area contributed by atoms with Gasteiger partial charge in [0.1, 0.15) is 0 Å². The molecule has 1 nitrogen and oxygen atoms in total. The first-order valence-corrected chi connectivity index (χ1v) is 7.14. The van der Waals surface area contributed by atoms with Crippen molar-refractivity contribution < 1.29 is 0 Å². The van der Waals surface area contributed by atoms with E-state index in [1.54, 1.807) is 0 Å². The first-order valence-electron chi connectivity index (χ1n) is 7.14. The van der Waals surface area contributed by atoms with E-state index in [2.05, 4.69) is 12.2 Å². The van der Waals surface area contributed by atoms with Crippen molar-refractivity contribution in [3.05, 3.63) is 0 Å². The number of rotatable bonds is 6. The second-order valence-corrected chi connectivity index (χ2v) is 4.40. The van der Waals surface area contributed by atoms with E-state index in [4.69, 9.17) is 0 Å². The van der Waals surface area contributed by atoms with Gasteiger partial charge in [0.25, 0.3) is 0 Å². The molecule has 1 rings (SSSR count). The summed E-state index contributed by atoms with van der Waals surface area (Å²) in [7, 11) is 0. The molecule has 92 valence electrons. The van der Waals surface area contributed by atoms with Crippen molar-refractivity contribution in [2.45, 2.75) is 72.1 Å². The van der Waals surface area contributed by atoms with Crippen LogP contribution in [0.2, 0.25) is 0 Å². The van der Waals surface area contributed by atoms with E-state index < -0.39 is 0 Å². The Bertz CT molecular complexity index is 106. The summed E-state index contributed by atoms with van der Waals surface area (Å²) in [5.74, 6) is 1.04.